The van der Waals surface area contributed by atoms with E-state index in [1.807, 2.05) is 6.07 Å². The molecule has 0 radical (unpaired) electrons. The fourth-order valence-electron chi connectivity index (χ4n) is 1.18. The van der Waals surface area contributed by atoms with E-state index in [1.54, 1.807) is 13.0 Å². The Kier molecular flexibility index (Phi) is 4.17. The second-order valence-corrected chi connectivity index (χ2v) is 7.81. The van der Waals surface area contributed by atoms with Gasteiger partial charge in [0.05, 0.1) is 9.59 Å². The topological polar surface area (TPSA) is 60.2 Å². The van der Waals surface area contributed by atoms with Gasteiger partial charge in [0, 0.05) is 17.2 Å². The highest BCUT2D eigenvalue weighted by Crippen LogP contribution is 2.23. The van der Waals surface area contributed by atoms with Crippen LogP contribution in [-0.2, 0) is 16.3 Å². The largest absolute Gasteiger partial charge is 0.326 e. The first kappa shape index (κ1) is 13.0. The molecular formula is C9H14ClNO2S2. The lowest BCUT2D eigenvalue weighted by Gasteiger charge is -2.17. The van der Waals surface area contributed by atoms with Gasteiger partial charge in [-0.2, -0.15) is 0 Å². The fraction of sp³-hybridized carbons (Fsp3) is 0.556. The van der Waals surface area contributed by atoms with Crippen molar-refractivity contribution in [1.82, 2.24) is 0 Å². The number of hydrogen-bond acceptors (Lipinski definition) is 4. The molecule has 6 heteroatoms. The van der Waals surface area contributed by atoms with Crippen LogP contribution in [0, 0.1) is 0 Å². The quantitative estimate of drug-likeness (QED) is 0.903. The van der Waals surface area contributed by atoms with Crippen molar-refractivity contribution in [3.8, 4) is 0 Å². The van der Waals surface area contributed by atoms with Gasteiger partial charge < -0.3 is 5.73 Å². The zero-order chi connectivity index (χ0) is 11.6. The molecule has 0 saturated carbocycles. The lowest BCUT2D eigenvalue weighted by Crippen LogP contribution is -2.39. The van der Waals surface area contributed by atoms with Crippen LogP contribution in [0.2, 0.25) is 4.34 Å². The fourth-order valence-corrected chi connectivity index (χ4v) is 3.07. The number of sulfone groups is 1. The number of halogens is 1. The summed E-state index contributed by atoms with van der Waals surface area (Å²) in [4.78, 5) is 1.02. The summed E-state index contributed by atoms with van der Waals surface area (Å²) in [5, 5.41) is -0.529. The summed E-state index contributed by atoms with van der Waals surface area (Å²) in [5.74, 6) is 0. The summed E-state index contributed by atoms with van der Waals surface area (Å²) in [7, 11) is -3.07. The molecule has 3 nitrogen and oxygen atoms in total. The summed E-state index contributed by atoms with van der Waals surface area (Å²) in [6.07, 6.45) is 1.75. The van der Waals surface area contributed by atoms with E-state index in [9.17, 15) is 8.42 Å². The monoisotopic (exact) mass is 267 g/mol. The first-order chi connectivity index (χ1) is 6.80. The summed E-state index contributed by atoms with van der Waals surface area (Å²) in [6, 6.07) is 3.29. The highest BCUT2D eigenvalue weighted by Gasteiger charge is 2.23. The van der Waals surface area contributed by atoms with E-state index in [4.69, 9.17) is 17.3 Å². The lowest BCUT2D eigenvalue weighted by molar-refractivity contribution is 0.563. The Morgan fingerprint density at radius 1 is 1.53 bits per heavy atom. The van der Waals surface area contributed by atoms with Gasteiger partial charge in [-0.25, -0.2) is 8.42 Å². The van der Waals surface area contributed by atoms with E-state index < -0.39 is 15.1 Å². The molecule has 0 aliphatic rings. The molecule has 0 aromatic carbocycles. The maximum Gasteiger partial charge on any atom is 0.151 e. The molecule has 2 N–H and O–H groups in total. The van der Waals surface area contributed by atoms with Crippen LogP contribution in [0.1, 0.15) is 11.8 Å². The Morgan fingerprint density at radius 3 is 2.53 bits per heavy atom. The van der Waals surface area contributed by atoms with E-state index >= 15 is 0 Å². The lowest BCUT2D eigenvalue weighted by atomic mass is 10.1. The van der Waals surface area contributed by atoms with Crippen molar-refractivity contribution in [2.75, 3.05) is 6.26 Å². The van der Waals surface area contributed by atoms with Crippen LogP contribution < -0.4 is 5.73 Å². The van der Waals surface area contributed by atoms with Crippen molar-refractivity contribution in [1.29, 1.82) is 0 Å². The van der Waals surface area contributed by atoms with Crippen LogP contribution in [-0.4, -0.2) is 26.0 Å². The van der Waals surface area contributed by atoms with Gasteiger partial charge in [-0.3, -0.25) is 0 Å². The highest BCUT2D eigenvalue weighted by molar-refractivity contribution is 7.91. The summed E-state index contributed by atoms with van der Waals surface area (Å²) < 4.78 is 23.2. The zero-order valence-electron chi connectivity index (χ0n) is 8.60. The van der Waals surface area contributed by atoms with Crippen molar-refractivity contribution >= 4 is 32.8 Å². The average Bonchev–Trinajstić information content (AvgIpc) is 2.48. The van der Waals surface area contributed by atoms with E-state index in [1.165, 1.54) is 17.6 Å². The third kappa shape index (κ3) is 3.75. The minimum atomic E-state index is -3.07. The molecule has 0 spiro atoms. The van der Waals surface area contributed by atoms with Gasteiger partial charge in [0.2, 0.25) is 0 Å². The van der Waals surface area contributed by atoms with Gasteiger partial charge in [-0.1, -0.05) is 11.6 Å². The SMILES string of the molecule is CC(C(N)Cc1ccc(Cl)s1)S(C)(=O)=O. The summed E-state index contributed by atoms with van der Waals surface area (Å²) in [6.45, 7) is 1.63. The Balaban J connectivity index is 2.68. The Labute approximate surface area is 99.2 Å². The molecule has 0 aliphatic heterocycles. The smallest absolute Gasteiger partial charge is 0.151 e. The number of hydrogen-bond donors (Lipinski definition) is 1. The standard InChI is InChI=1S/C9H14ClNO2S2/c1-6(15(2,12)13)8(11)5-7-3-4-9(10)14-7/h3-4,6,8H,5,11H2,1-2H3. The minimum absolute atomic E-state index is 0.380. The van der Waals surface area contributed by atoms with Crippen molar-refractivity contribution < 1.29 is 8.42 Å². The molecule has 1 rings (SSSR count). The average molecular weight is 268 g/mol. The summed E-state index contributed by atoms with van der Waals surface area (Å²) in [5.41, 5.74) is 5.83. The molecule has 0 amide bonds. The van der Waals surface area contributed by atoms with Crippen LogP contribution in [0.25, 0.3) is 0 Å². The Morgan fingerprint density at radius 2 is 2.13 bits per heavy atom. The summed E-state index contributed by atoms with van der Waals surface area (Å²) >= 11 is 7.21. The number of thiophene rings is 1. The molecule has 0 bridgehead atoms. The van der Waals surface area contributed by atoms with Crippen LogP contribution in [0.4, 0.5) is 0 Å². The van der Waals surface area contributed by atoms with Crippen molar-refractivity contribution in [2.45, 2.75) is 24.6 Å². The third-order valence-corrected chi connectivity index (χ3v) is 5.30. The van der Waals surface area contributed by atoms with Gasteiger partial charge in [0.1, 0.15) is 0 Å². The number of rotatable bonds is 4. The maximum atomic E-state index is 11.3. The first-order valence-corrected chi connectivity index (χ1v) is 7.64. The molecular weight excluding hydrogens is 254 g/mol. The van der Waals surface area contributed by atoms with Crippen LogP contribution >= 0.6 is 22.9 Å². The second-order valence-electron chi connectivity index (χ2n) is 3.61. The van der Waals surface area contributed by atoms with Gasteiger partial charge >= 0.3 is 0 Å². The molecule has 2 unspecified atom stereocenters. The second kappa shape index (κ2) is 4.82. The molecule has 1 heterocycles. The van der Waals surface area contributed by atoms with Gasteiger partial charge in [0.25, 0.3) is 0 Å². The molecule has 0 saturated heterocycles. The molecule has 1 aromatic rings. The van der Waals surface area contributed by atoms with Gasteiger partial charge in [-0.15, -0.1) is 11.3 Å². The van der Waals surface area contributed by atoms with Crippen LogP contribution in [0.15, 0.2) is 12.1 Å². The zero-order valence-corrected chi connectivity index (χ0v) is 11.0. The molecule has 0 fully saturated rings. The highest BCUT2D eigenvalue weighted by atomic mass is 35.5. The third-order valence-electron chi connectivity index (χ3n) is 2.34. The molecule has 86 valence electrons. The van der Waals surface area contributed by atoms with Crippen molar-refractivity contribution in [2.24, 2.45) is 5.73 Å². The predicted octanol–water partition coefficient (Wildman–Crippen LogP) is 1.70. The normalized spacial score (nSPS) is 16.3. The van der Waals surface area contributed by atoms with E-state index in [0.29, 0.717) is 10.8 Å². The minimum Gasteiger partial charge on any atom is -0.326 e. The molecule has 2 atom stereocenters. The molecule has 0 aliphatic carbocycles. The van der Waals surface area contributed by atoms with Crippen molar-refractivity contribution in [3.63, 3.8) is 0 Å². The van der Waals surface area contributed by atoms with E-state index in [2.05, 4.69) is 0 Å². The predicted molar refractivity (Wildman–Crippen MR) is 65.3 cm³/mol. The first-order valence-electron chi connectivity index (χ1n) is 4.49. The Hall–Kier alpha value is -0.100. The van der Waals surface area contributed by atoms with Crippen LogP contribution in [0.3, 0.4) is 0 Å². The Bertz CT molecular complexity index is 427. The van der Waals surface area contributed by atoms with Crippen LogP contribution in [0.5, 0.6) is 0 Å². The molecule has 1 aromatic heterocycles. The molecule has 15 heavy (non-hydrogen) atoms. The van der Waals surface area contributed by atoms with Gasteiger partial charge in [0.15, 0.2) is 9.84 Å². The maximum absolute atomic E-state index is 11.3. The van der Waals surface area contributed by atoms with Crippen molar-refractivity contribution in [3.05, 3.63) is 21.3 Å². The van der Waals surface area contributed by atoms with E-state index in [-0.39, 0.29) is 6.04 Å². The number of nitrogens with two attached hydrogens (primary N) is 1. The van der Waals surface area contributed by atoms with E-state index in [0.717, 1.165) is 4.88 Å². The van der Waals surface area contributed by atoms with Gasteiger partial charge in [-0.05, 0) is 25.5 Å².